The van der Waals surface area contributed by atoms with Crippen molar-refractivity contribution in [1.29, 1.82) is 0 Å². The summed E-state index contributed by atoms with van der Waals surface area (Å²) in [5.74, 6) is -0.872. The zero-order valence-electron chi connectivity index (χ0n) is 19.3. The van der Waals surface area contributed by atoms with Gasteiger partial charge in [0, 0.05) is 42.6 Å². The number of hydrogen-bond donors (Lipinski definition) is 2. The van der Waals surface area contributed by atoms with E-state index in [1.54, 1.807) is 29.2 Å². The molecule has 0 bridgehead atoms. The minimum atomic E-state index is -0.513. The number of benzene rings is 1. The lowest BCUT2D eigenvalue weighted by Crippen LogP contribution is -2.11. The fourth-order valence-corrected chi connectivity index (χ4v) is 5.31. The van der Waals surface area contributed by atoms with Gasteiger partial charge in [0.05, 0.1) is 22.0 Å². The van der Waals surface area contributed by atoms with Crippen LogP contribution in [0.1, 0.15) is 37.9 Å². The number of carbonyl (C=O) groups excluding carboxylic acids is 2. The zero-order valence-corrected chi connectivity index (χ0v) is 20.1. The number of amides is 2. The largest absolute Gasteiger partial charge is 0.326 e. The third-order valence-electron chi connectivity index (χ3n) is 5.66. The Morgan fingerprint density at radius 3 is 2.77 bits per heavy atom. The van der Waals surface area contributed by atoms with Gasteiger partial charge < -0.3 is 10.6 Å². The van der Waals surface area contributed by atoms with E-state index >= 15 is 4.39 Å². The predicted molar refractivity (Wildman–Crippen MR) is 133 cm³/mol. The fourth-order valence-electron chi connectivity index (χ4n) is 4.19. The summed E-state index contributed by atoms with van der Waals surface area (Å²) in [4.78, 5) is 33.2. The molecule has 35 heavy (non-hydrogen) atoms. The molecule has 0 saturated carbocycles. The van der Waals surface area contributed by atoms with Gasteiger partial charge in [-0.2, -0.15) is 5.10 Å². The van der Waals surface area contributed by atoms with Gasteiger partial charge >= 0.3 is 0 Å². The van der Waals surface area contributed by atoms with Crippen LogP contribution in [0.15, 0.2) is 42.7 Å². The minimum Gasteiger partial charge on any atom is -0.326 e. The summed E-state index contributed by atoms with van der Waals surface area (Å²) >= 11 is 1.35. The quantitative estimate of drug-likeness (QED) is 0.396. The van der Waals surface area contributed by atoms with E-state index in [0.717, 1.165) is 33.1 Å². The van der Waals surface area contributed by atoms with Crippen molar-refractivity contribution in [2.24, 2.45) is 0 Å². The molecule has 4 aromatic rings. The van der Waals surface area contributed by atoms with E-state index in [9.17, 15) is 9.59 Å². The van der Waals surface area contributed by atoms with Gasteiger partial charge in [0.2, 0.25) is 11.8 Å². The van der Waals surface area contributed by atoms with Gasteiger partial charge in [0.1, 0.15) is 5.69 Å². The molecule has 2 N–H and O–H groups in total. The van der Waals surface area contributed by atoms with E-state index in [2.05, 4.69) is 20.6 Å². The number of aryl methyl sites for hydroxylation is 1. The van der Waals surface area contributed by atoms with Gasteiger partial charge in [-0.15, -0.1) is 0 Å². The lowest BCUT2D eigenvalue weighted by atomic mass is 9.95. The summed E-state index contributed by atoms with van der Waals surface area (Å²) in [5.41, 5.74) is 4.78. The van der Waals surface area contributed by atoms with Crippen molar-refractivity contribution in [3.05, 3.63) is 59.8 Å². The molecule has 1 aliphatic carbocycles. The number of aromatic nitrogens is 4. The number of rotatable bonds is 6. The lowest BCUT2D eigenvalue weighted by Gasteiger charge is -2.15. The first-order valence-corrected chi connectivity index (χ1v) is 12.2. The van der Waals surface area contributed by atoms with Gasteiger partial charge in [-0.3, -0.25) is 14.6 Å². The Labute approximate surface area is 205 Å². The third kappa shape index (κ3) is 4.44. The molecular weight excluding hydrogens is 467 g/mol. The molecule has 2 amide bonds. The van der Waals surface area contributed by atoms with Crippen LogP contribution in [0.5, 0.6) is 0 Å². The number of anilines is 2. The summed E-state index contributed by atoms with van der Waals surface area (Å²) in [7, 11) is 0. The van der Waals surface area contributed by atoms with Crippen molar-refractivity contribution < 1.29 is 14.0 Å². The number of nitrogens with one attached hydrogen (secondary N) is 2. The highest BCUT2D eigenvalue weighted by atomic mass is 32.1. The zero-order chi connectivity index (χ0) is 24.5. The summed E-state index contributed by atoms with van der Waals surface area (Å²) in [6.07, 6.45) is 5.86. The first kappa shape index (κ1) is 22.9. The van der Waals surface area contributed by atoms with Crippen LogP contribution >= 0.6 is 11.3 Å². The van der Waals surface area contributed by atoms with E-state index in [1.165, 1.54) is 24.3 Å². The topological polar surface area (TPSA) is 102 Å². The highest BCUT2D eigenvalue weighted by Crippen LogP contribution is 2.44. The van der Waals surface area contributed by atoms with E-state index in [1.807, 2.05) is 19.1 Å². The van der Waals surface area contributed by atoms with Crippen LogP contribution in [0.4, 0.5) is 15.2 Å². The van der Waals surface area contributed by atoms with Gasteiger partial charge in [0.15, 0.2) is 10.9 Å². The number of nitrogens with zero attached hydrogens (tertiary/aromatic N) is 4. The molecule has 0 unspecified atom stereocenters. The molecule has 0 fully saturated rings. The highest BCUT2D eigenvalue weighted by Gasteiger charge is 2.30. The predicted octanol–water partition coefficient (Wildman–Crippen LogP) is 4.99. The third-order valence-corrected chi connectivity index (χ3v) is 6.68. The summed E-state index contributed by atoms with van der Waals surface area (Å²) in [5, 5.41) is 10.8. The van der Waals surface area contributed by atoms with Crippen molar-refractivity contribution in [2.75, 3.05) is 10.6 Å². The van der Waals surface area contributed by atoms with Crippen molar-refractivity contribution in [3.8, 4) is 27.5 Å². The van der Waals surface area contributed by atoms with Crippen LogP contribution in [-0.4, -0.2) is 31.6 Å². The molecule has 1 aliphatic rings. The van der Waals surface area contributed by atoms with E-state index in [-0.39, 0.29) is 17.5 Å². The molecular formula is C25H23FN6O2S. The minimum absolute atomic E-state index is 0.158. The molecule has 3 heterocycles. The maximum Gasteiger partial charge on any atom is 0.224 e. The average molecular weight is 491 g/mol. The van der Waals surface area contributed by atoms with Gasteiger partial charge in [0.25, 0.3) is 0 Å². The van der Waals surface area contributed by atoms with Gasteiger partial charge in [-0.05, 0) is 49.6 Å². The molecule has 0 saturated heterocycles. The van der Waals surface area contributed by atoms with Crippen molar-refractivity contribution >= 4 is 34.0 Å². The van der Waals surface area contributed by atoms with Crippen molar-refractivity contribution in [1.82, 2.24) is 19.7 Å². The molecule has 0 spiro atoms. The Hall–Kier alpha value is -3.92. The second kappa shape index (κ2) is 9.38. The van der Waals surface area contributed by atoms with Crippen LogP contribution in [0.2, 0.25) is 0 Å². The van der Waals surface area contributed by atoms with Crippen LogP contribution in [0.3, 0.4) is 0 Å². The molecule has 0 atom stereocenters. The standard InChI is InChI=1S/C25H23FN6O2S/c1-3-5-21(34)29-16-7-10-20(18(26)12-16)32-23-17(22(31-32)15-6-4-11-27-13-15)8-9-19-24(23)35-25(30-19)28-14(2)33/h4,6-7,10-13H,3,5,8-9H2,1-2H3,(H,29,34)(H,28,30,33). The smallest absolute Gasteiger partial charge is 0.224 e. The molecule has 3 aromatic heterocycles. The van der Waals surface area contributed by atoms with Crippen LogP contribution in [0.25, 0.3) is 27.5 Å². The van der Waals surface area contributed by atoms with Gasteiger partial charge in [-0.1, -0.05) is 18.3 Å². The number of thiazole rings is 1. The Balaban J connectivity index is 1.64. The maximum atomic E-state index is 15.4. The second-order valence-electron chi connectivity index (χ2n) is 8.27. The second-order valence-corrected chi connectivity index (χ2v) is 9.27. The molecule has 0 aliphatic heterocycles. The Bertz CT molecular complexity index is 1430. The normalized spacial score (nSPS) is 12.1. The Kier molecular flexibility index (Phi) is 6.12. The van der Waals surface area contributed by atoms with Crippen LogP contribution in [-0.2, 0) is 22.4 Å². The summed E-state index contributed by atoms with van der Waals surface area (Å²) < 4.78 is 17.0. The van der Waals surface area contributed by atoms with E-state index < -0.39 is 5.82 Å². The molecule has 5 rings (SSSR count). The Morgan fingerprint density at radius 2 is 2.06 bits per heavy atom. The van der Waals surface area contributed by atoms with E-state index in [4.69, 9.17) is 5.10 Å². The Morgan fingerprint density at radius 1 is 1.20 bits per heavy atom. The van der Waals surface area contributed by atoms with Crippen LogP contribution in [0, 0.1) is 5.82 Å². The molecule has 1 aromatic carbocycles. The summed E-state index contributed by atoms with van der Waals surface area (Å²) in [6, 6.07) is 8.35. The first-order chi connectivity index (χ1) is 16.9. The van der Waals surface area contributed by atoms with Gasteiger partial charge in [-0.25, -0.2) is 14.1 Å². The number of hydrogen-bond acceptors (Lipinski definition) is 6. The average Bonchev–Trinajstić information content (AvgIpc) is 3.40. The van der Waals surface area contributed by atoms with Crippen molar-refractivity contribution in [3.63, 3.8) is 0 Å². The number of pyridine rings is 1. The number of carbonyl (C=O) groups is 2. The fraction of sp³-hybridized carbons (Fsp3) is 0.240. The molecule has 10 heteroatoms. The summed E-state index contributed by atoms with van der Waals surface area (Å²) in [6.45, 7) is 3.35. The molecule has 0 radical (unpaired) electrons. The maximum absolute atomic E-state index is 15.4. The van der Waals surface area contributed by atoms with Crippen LogP contribution < -0.4 is 10.6 Å². The van der Waals surface area contributed by atoms with Crippen molar-refractivity contribution in [2.45, 2.75) is 39.5 Å². The lowest BCUT2D eigenvalue weighted by molar-refractivity contribution is -0.116. The first-order valence-electron chi connectivity index (χ1n) is 11.3. The monoisotopic (exact) mass is 490 g/mol. The number of fused-ring (bicyclic) bond motifs is 3. The van der Waals surface area contributed by atoms with E-state index in [0.29, 0.717) is 36.5 Å². The molecule has 178 valence electrons. The molecule has 8 nitrogen and oxygen atoms in total. The number of halogens is 1. The highest BCUT2D eigenvalue weighted by molar-refractivity contribution is 7.19. The SMILES string of the molecule is CCCC(=O)Nc1ccc(-n2nc(-c3cccnc3)c3c2-c2sc(NC(C)=O)nc2CC3)c(F)c1.